The Morgan fingerprint density at radius 1 is 1.02 bits per heavy atom. The number of carbonyl (C=O) groups is 2. The molecular formula is C46H61FN4O6. The van der Waals surface area contributed by atoms with Crippen molar-refractivity contribution < 1.29 is 33.7 Å². The molecule has 0 amide bonds. The number of nitrogens with zero attached hydrogens (tertiary/aromatic N) is 4. The highest BCUT2D eigenvalue weighted by molar-refractivity contribution is 6.01. The number of aliphatic hydroxyl groups excluding tert-OH is 1. The van der Waals surface area contributed by atoms with Crippen LogP contribution < -0.4 is 4.90 Å². The number of para-hydroxylation sites is 2. The summed E-state index contributed by atoms with van der Waals surface area (Å²) in [5, 5.41) is 23.4. The summed E-state index contributed by atoms with van der Waals surface area (Å²) >= 11 is 0. The van der Waals surface area contributed by atoms with E-state index in [-0.39, 0.29) is 31.3 Å². The van der Waals surface area contributed by atoms with Crippen LogP contribution in [0.25, 0.3) is 11.0 Å². The molecule has 0 bridgehead atoms. The minimum atomic E-state index is -1.98. The monoisotopic (exact) mass is 784 g/mol. The van der Waals surface area contributed by atoms with Gasteiger partial charge in [0.25, 0.3) is 0 Å². The van der Waals surface area contributed by atoms with E-state index in [0.717, 1.165) is 68.5 Å². The average Bonchev–Trinajstić information content (AvgIpc) is 3.54. The highest BCUT2D eigenvalue weighted by Crippen LogP contribution is 2.70. The van der Waals surface area contributed by atoms with Crippen molar-refractivity contribution in [2.75, 3.05) is 57.9 Å². The highest BCUT2D eigenvalue weighted by Gasteiger charge is 2.75. The van der Waals surface area contributed by atoms with Crippen LogP contribution in [0, 0.1) is 28.6 Å². The molecule has 1 aliphatic heterocycles. The number of anilines is 1. The third-order valence-electron chi connectivity index (χ3n) is 14.3. The van der Waals surface area contributed by atoms with E-state index in [4.69, 9.17) is 14.5 Å². The lowest BCUT2D eigenvalue weighted by Gasteiger charge is -2.62. The second-order valence-corrected chi connectivity index (χ2v) is 17.5. The fourth-order valence-corrected chi connectivity index (χ4v) is 11.2. The smallest absolute Gasteiger partial charge is 0.206 e. The standard InChI is InChI=1S/C29H35FO5.C17H26N4O/c1-18-13-23-22-10-9-20-14-21(31)11-12-26(20,2)28(22,30)24(32)15-27(23,3)29(18,34)25(33)17-35-16-19-7-5-4-6-8-19;1-3-22-14-13-21-16-8-5-4-7-15(16)18-17(21)20-10-6-9-19(2)11-12-20/h4-8,11-12,14,18,22-24,32,34H,9-10,13,15-17H2,1-3H3;4-5,7-8H,3,6,9-14H2,1-2H3/t18-,22+,23+,24+,26+,27+,28+,29+;/m1./s1. The maximum absolute atomic E-state index is 17.2. The Morgan fingerprint density at radius 2 is 1.77 bits per heavy atom. The molecule has 308 valence electrons. The number of alkyl halides is 1. The second-order valence-electron chi connectivity index (χ2n) is 17.5. The third kappa shape index (κ3) is 7.22. The molecule has 0 unspecified atom stereocenters. The largest absolute Gasteiger partial charge is 0.390 e. The molecule has 8 atom stereocenters. The van der Waals surface area contributed by atoms with Crippen molar-refractivity contribution in [2.45, 2.75) is 90.3 Å². The number of aromatic nitrogens is 2. The van der Waals surface area contributed by atoms with Crippen LogP contribution in [0.1, 0.15) is 65.4 Å². The molecule has 57 heavy (non-hydrogen) atoms. The summed E-state index contributed by atoms with van der Waals surface area (Å²) in [7, 11) is 2.20. The predicted octanol–water partition coefficient (Wildman–Crippen LogP) is 6.33. The molecule has 4 aliphatic carbocycles. The van der Waals surface area contributed by atoms with Gasteiger partial charge in [-0.15, -0.1) is 0 Å². The quantitative estimate of drug-likeness (QED) is 0.228. The number of halogens is 1. The zero-order chi connectivity index (χ0) is 40.6. The molecule has 8 rings (SSSR count). The third-order valence-corrected chi connectivity index (χ3v) is 14.3. The zero-order valence-corrected chi connectivity index (χ0v) is 34.3. The Kier molecular flexibility index (Phi) is 12.0. The Hall–Kier alpha value is -3.74. The number of carbonyl (C=O) groups excluding carboxylic acids is 2. The van der Waals surface area contributed by atoms with Gasteiger partial charge < -0.3 is 34.1 Å². The number of hydrogen-bond acceptors (Lipinski definition) is 9. The van der Waals surface area contributed by atoms with Gasteiger partial charge in [-0.3, -0.25) is 9.59 Å². The molecule has 2 N–H and O–H groups in total. The van der Waals surface area contributed by atoms with Gasteiger partial charge in [-0.2, -0.15) is 0 Å². The van der Waals surface area contributed by atoms with Crippen LogP contribution in [-0.2, 0) is 32.2 Å². The maximum atomic E-state index is 17.2. The van der Waals surface area contributed by atoms with Gasteiger partial charge in [0.05, 0.1) is 30.4 Å². The summed E-state index contributed by atoms with van der Waals surface area (Å²) in [6.45, 7) is 14.2. The summed E-state index contributed by atoms with van der Waals surface area (Å²) in [5.74, 6) is -0.677. The van der Waals surface area contributed by atoms with E-state index in [1.807, 2.05) is 51.1 Å². The van der Waals surface area contributed by atoms with Gasteiger partial charge in [0.2, 0.25) is 5.95 Å². The number of aliphatic hydroxyl groups is 2. The van der Waals surface area contributed by atoms with E-state index in [1.165, 1.54) is 24.1 Å². The topological polar surface area (TPSA) is 117 Å². The van der Waals surface area contributed by atoms with E-state index in [2.05, 4.69) is 45.7 Å². The number of hydrogen-bond donors (Lipinski definition) is 2. The van der Waals surface area contributed by atoms with E-state index >= 15 is 4.39 Å². The fraction of sp³-hybridized carbons (Fsp3) is 0.587. The second kappa shape index (κ2) is 16.5. The number of imidazole rings is 1. The summed E-state index contributed by atoms with van der Waals surface area (Å²) in [6.07, 6.45) is 5.84. The Labute approximate surface area is 336 Å². The average molecular weight is 785 g/mol. The van der Waals surface area contributed by atoms with Gasteiger partial charge in [-0.1, -0.05) is 68.0 Å². The van der Waals surface area contributed by atoms with E-state index in [9.17, 15) is 19.8 Å². The lowest BCUT2D eigenvalue weighted by atomic mass is 9.44. The lowest BCUT2D eigenvalue weighted by molar-refractivity contribution is -0.220. The van der Waals surface area contributed by atoms with Crippen molar-refractivity contribution in [1.82, 2.24) is 14.5 Å². The molecule has 2 aromatic carbocycles. The Bertz CT molecular complexity index is 1980. The normalized spacial score (nSPS) is 33.8. The van der Waals surface area contributed by atoms with Crippen LogP contribution in [0.5, 0.6) is 0 Å². The molecule has 11 heteroatoms. The van der Waals surface area contributed by atoms with Crippen molar-refractivity contribution in [3.05, 3.63) is 84.0 Å². The van der Waals surface area contributed by atoms with Crippen LogP contribution in [0.4, 0.5) is 10.3 Å². The highest BCUT2D eigenvalue weighted by atomic mass is 19.1. The summed E-state index contributed by atoms with van der Waals surface area (Å²) in [4.78, 5) is 35.2. The molecule has 4 fully saturated rings. The van der Waals surface area contributed by atoms with Gasteiger partial charge >= 0.3 is 0 Å². The summed E-state index contributed by atoms with van der Waals surface area (Å²) in [5.41, 5.74) is -1.82. The van der Waals surface area contributed by atoms with Crippen molar-refractivity contribution in [3.63, 3.8) is 0 Å². The fourth-order valence-electron chi connectivity index (χ4n) is 11.2. The van der Waals surface area contributed by atoms with Gasteiger partial charge in [-0.05, 0) is 101 Å². The molecule has 2 heterocycles. The molecule has 1 saturated heterocycles. The van der Waals surface area contributed by atoms with Crippen molar-refractivity contribution >= 4 is 28.5 Å². The number of allylic oxidation sites excluding steroid dienone is 4. The van der Waals surface area contributed by atoms with E-state index < -0.39 is 45.8 Å². The first-order chi connectivity index (χ1) is 27.3. The summed E-state index contributed by atoms with van der Waals surface area (Å²) < 4.78 is 30.8. The minimum absolute atomic E-state index is 0.0272. The van der Waals surface area contributed by atoms with Crippen molar-refractivity contribution in [3.8, 4) is 0 Å². The number of Topliss-reactive ketones (excluding diaryl/α,β-unsaturated/α-hetero) is 1. The molecule has 5 aliphatic rings. The zero-order valence-electron chi connectivity index (χ0n) is 34.3. The van der Waals surface area contributed by atoms with Gasteiger partial charge in [0, 0.05) is 49.5 Å². The van der Waals surface area contributed by atoms with E-state index in [0.29, 0.717) is 19.3 Å². The molecule has 3 saturated carbocycles. The Balaban J connectivity index is 0.000000194. The first-order valence-corrected chi connectivity index (χ1v) is 20.9. The SMILES string of the molecule is CCOCCn1c(N2CCCN(C)CC2)nc2ccccc21.C[C@@H]1C[C@H]2[C@@H]3CCC4=CC(=O)C=C[C@]4(C)[C@@]3(F)[C@@H](O)C[C@]2(C)[C@@]1(O)C(=O)COCc1ccccc1. The molecule has 10 nitrogen and oxygen atoms in total. The number of rotatable bonds is 10. The first-order valence-electron chi connectivity index (χ1n) is 20.9. The van der Waals surface area contributed by atoms with Gasteiger partial charge in [-0.25, -0.2) is 9.37 Å². The minimum Gasteiger partial charge on any atom is -0.390 e. The molecular weight excluding hydrogens is 724 g/mol. The van der Waals surface area contributed by atoms with Crippen LogP contribution in [-0.4, -0.2) is 107 Å². The van der Waals surface area contributed by atoms with Crippen LogP contribution in [0.3, 0.4) is 0 Å². The lowest BCUT2D eigenvalue weighted by Crippen LogP contribution is -2.69. The molecule has 0 radical (unpaired) electrons. The van der Waals surface area contributed by atoms with Gasteiger partial charge in [0.1, 0.15) is 12.2 Å². The molecule has 3 aromatic rings. The molecule has 1 aromatic heterocycles. The van der Waals surface area contributed by atoms with Crippen molar-refractivity contribution in [2.24, 2.45) is 28.6 Å². The number of benzene rings is 2. The van der Waals surface area contributed by atoms with E-state index in [1.54, 1.807) is 13.0 Å². The predicted molar refractivity (Wildman–Crippen MR) is 220 cm³/mol. The number of likely N-dealkylation sites (N-methyl/N-ethyl adjacent to an activating group) is 1. The van der Waals surface area contributed by atoms with Crippen molar-refractivity contribution in [1.29, 1.82) is 0 Å². The van der Waals surface area contributed by atoms with Crippen LogP contribution >= 0.6 is 0 Å². The maximum Gasteiger partial charge on any atom is 0.206 e. The number of ether oxygens (including phenoxy) is 2. The van der Waals surface area contributed by atoms with Gasteiger partial charge in [0.15, 0.2) is 17.2 Å². The van der Waals surface area contributed by atoms with Crippen LogP contribution in [0.15, 0.2) is 78.4 Å². The summed E-state index contributed by atoms with van der Waals surface area (Å²) in [6, 6.07) is 17.9. The number of fused-ring (bicyclic) bond motifs is 6. The van der Waals surface area contributed by atoms with Crippen LogP contribution in [0.2, 0.25) is 0 Å². The first kappa shape index (κ1) is 41.4. The Morgan fingerprint density at radius 3 is 2.54 bits per heavy atom. The number of ketones is 2. The molecule has 0 spiro atoms.